The van der Waals surface area contributed by atoms with Crippen molar-refractivity contribution in [2.75, 3.05) is 0 Å². The van der Waals surface area contributed by atoms with E-state index in [0.29, 0.717) is 11.3 Å². The predicted molar refractivity (Wildman–Crippen MR) is 102 cm³/mol. The summed E-state index contributed by atoms with van der Waals surface area (Å²) in [7, 11) is 0. The van der Waals surface area contributed by atoms with Gasteiger partial charge in [0.1, 0.15) is 11.8 Å². The molecule has 2 aromatic carbocycles. The molecule has 0 aliphatic carbocycles. The van der Waals surface area contributed by atoms with Crippen LogP contribution in [0, 0.1) is 10.1 Å². The zero-order valence-corrected chi connectivity index (χ0v) is 16.2. The molecule has 2 rings (SSSR count). The Balaban J connectivity index is 0.00000364. The van der Waals surface area contributed by atoms with Gasteiger partial charge < -0.3 is 15.2 Å². The zero-order chi connectivity index (χ0) is 19.1. The molecule has 0 saturated heterocycles. The average Bonchev–Trinajstić information content (AvgIpc) is 2.61. The summed E-state index contributed by atoms with van der Waals surface area (Å²) in [5, 5.41) is 11.2. The van der Waals surface area contributed by atoms with Crippen LogP contribution in [0.4, 0.5) is 0 Å². The van der Waals surface area contributed by atoms with Gasteiger partial charge in [-0.05, 0) is 36.2 Å². The molecule has 9 heteroatoms. The lowest BCUT2D eigenvalue weighted by Gasteiger charge is -2.15. The average molecular weight is 439 g/mol. The second-order valence-corrected chi connectivity index (χ2v) is 5.53. The van der Waals surface area contributed by atoms with E-state index in [1.54, 1.807) is 42.5 Å². The van der Waals surface area contributed by atoms with E-state index in [0.717, 1.165) is 0 Å². The lowest BCUT2D eigenvalue weighted by atomic mass is 10.1. The van der Waals surface area contributed by atoms with E-state index in [1.165, 1.54) is 19.1 Å². The molecular formula is C18H19BrN2O6. The van der Waals surface area contributed by atoms with Crippen LogP contribution in [-0.2, 0) is 20.7 Å². The van der Waals surface area contributed by atoms with Crippen molar-refractivity contribution in [3.05, 3.63) is 75.8 Å². The molecule has 2 atom stereocenters. The Morgan fingerprint density at radius 1 is 1.11 bits per heavy atom. The Kier molecular flexibility index (Phi) is 8.57. The van der Waals surface area contributed by atoms with Crippen molar-refractivity contribution in [1.82, 2.24) is 0 Å². The molecule has 0 saturated carbocycles. The largest absolute Gasteiger partial charge is 0.427 e. The summed E-state index contributed by atoms with van der Waals surface area (Å²) in [4.78, 5) is 33.5. The second-order valence-electron chi connectivity index (χ2n) is 5.53. The Hall–Kier alpha value is -2.78. The highest BCUT2D eigenvalue weighted by Gasteiger charge is 2.29. The van der Waals surface area contributed by atoms with Gasteiger partial charge in [0, 0.05) is 6.92 Å². The SMILES string of the molecule is Br.CC(=O)Oc1ccc(C[C@H](N)C(=O)OC(c2ccccc2)[N+](=O)[O-])cc1. The number of ether oxygens (including phenoxy) is 2. The number of rotatable bonds is 7. The minimum atomic E-state index is -1.61. The molecule has 0 amide bonds. The summed E-state index contributed by atoms with van der Waals surface area (Å²) in [5.41, 5.74) is 6.76. The quantitative estimate of drug-likeness (QED) is 0.231. The van der Waals surface area contributed by atoms with Crippen molar-refractivity contribution < 1.29 is 24.0 Å². The van der Waals surface area contributed by atoms with Crippen molar-refractivity contribution in [3.8, 4) is 5.75 Å². The fourth-order valence-electron chi connectivity index (χ4n) is 2.24. The van der Waals surface area contributed by atoms with Crippen LogP contribution in [0.1, 0.15) is 24.3 Å². The number of carbonyl (C=O) groups excluding carboxylic acids is 2. The number of hydrogen-bond donors (Lipinski definition) is 1. The lowest BCUT2D eigenvalue weighted by Crippen LogP contribution is -2.36. The first-order chi connectivity index (χ1) is 12.4. The Morgan fingerprint density at radius 3 is 2.22 bits per heavy atom. The number of nitro groups is 1. The van der Waals surface area contributed by atoms with E-state index in [4.69, 9.17) is 15.2 Å². The highest BCUT2D eigenvalue weighted by molar-refractivity contribution is 8.93. The molecule has 0 aliphatic heterocycles. The maximum atomic E-state index is 12.1. The topological polar surface area (TPSA) is 122 Å². The molecule has 2 aromatic rings. The third kappa shape index (κ3) is 6.80. The van der Waals surface area contributed by atoms with Crippen LogP contribution in [0.2, 0.25) is 0 Å². The van der Waals surface area contributed by atoms with Gasteiger partial charge in [0.05, 0.1) is 10.5 Å². The molecule has 0 radical (unpaired) electrons. The number of hydrogen-bond acceptors (Lipinski definition) is 7. The van der Waals surface area contributed by atoms with Crippen LogP contribution in [0.25, 0.3) is 0 Å². The van der Waals surface area contributed by atoms with E-state index >= 15 is 0 Å². The number of nitrogens with zero attached hydrogens (tertiary/aromatic N) is 1. The van der Waals surface area contributed by atoms with Gasteiger partial charge >= 0.3 is 18.2 Å². The van der Waals surface area contributed by atoms with Crippen LogP contribution in [0.15, 0.2) is 54.6 Å². The molecule has 144 valence electrons. The number of carbonyl (C=O) groups is 2. The summed E-state index contributed by atoms with van der Waals surface area (Å²) < 4.78 is 9.89. The molecule has 1 unspecified atom stereocenters. The van der Waals surface area contributed by atoms with E-state index < -0.39 is 29.1 Å². The van der Waals surface area contributed by atoms with Crippen molar-refractivity contribution in [2.24, 2.45) is 5.73 Å². The lowest BCUT2D eigenvalue weighted by molar-refractivity contribution is -0.576. The number of nitrogens with two attached hydrogens (primary N) is 1. The molecule has 8 nitrogen and oxygen atoms in total. The Labute approximate surface area is 166 Å². The molecule has 0 fully saturated rings. The highest BCUT2D eigenvalue weighted by Crippen LogP contribution is 2.19. The number of halogens is 1. The summed E-state index contributed by atoms with van der Waals surface area (Å²) in [6.07, 6.45) is -1.49. The van der Waals surface area contributed by atoms with E-state index in [1.807, 2.05) is 0 Å². The van der Waals surface area contributed by atoms with E-state index in [-0.39, 0.29) is 29.0 Å². The molecule has 0 spiro atoms. The monoisotopic (exact) mass is 438 g/mol. The second kappa shape index (κ2) is 10.4. The van der Waals surface area contributed by atoms with Gasteiger partial charge in [-0.25, -0.2) is 0 Å². The van der Waals surface area contributed by atoms with Crippen LogP contribution >= 0.6 is 17.0 Å². The fraction of sp³-hybridized carbons (Fsp3) is 0.222. The normalized spacial score (nSPS) is 12.2. The minimum absolute atomic E-state index is 0. The maximum absolute atomic E-state index is 12.1. The summed E-state index contributed by atoms with van der Waals surface area (Å²) in [6.45, 7) is 1.29. The van der Waals surface area contributed by atoms with Gasteiger partial charge in [0.15, 0.2) is 0 Å². The third-order valence-corrected chi connectivity index (χ3v) is 3.45. The van der Waals surface area contributed by atoms with Crippen molar-refractivity contribution >= 4 is 28.9 Å². The molecule has 0 aromatic heterocycles. The molecule has 0 bridgehead atoms. The molecule has 0 heterocycles. The van der Waals surface area contributed by atoms with Crippen LogP contribution < -0.4 is 10.5 Å². The smallest absolute Gasteiger partial charge is 0.382 e. The van der Waals surface area contributed by atoms with E-state index in [9.17, 15) is 19.7 Å². The van der Waals surface area contributed by atoms with Gasteiger partial charge in [-0.2, -0.15) is 0 Å². The fourth-order valence-corrected chi connectivity index (χ4v) is 2.24. The van der Waals surface area contributed by atoms with Crippen molar-refractivity contribution in [3.63, 3.8) is 0 Å². The molecule has 0 aliphatic rings. The van der Waals surface area contributed by atoms with Gasteiger partial charge in [-0.3, -0.25) is 19.7 Å². The van der Waals surface area contributed by atoms with Crippen LogP contribution in [-0.4, -0.2) is 22.9 Å². The Morgan fingerprint density at radius 2 is 1.70 bits per heavy atom. The zero-order valence-electron chi connectivity index (χ0n) is 14.4. The predicted octanol–water partition coefficient (Wildman–Crippen LogP) is 2.58. The van der Waals surface area contributed by atoms with E-state index in [2.05, 4.69) is 0 Å². The number of benzene rings is 2. The highest BCUT2D eigenvalue weighted by atomic mass is 79.9. The molecule has 27 heavy (non-hydrogen) atoms. The maximum Gasteiger partial charge on any atom is 0.382 e. The first-order valence-corrected chi connectivity index (χ1v) is 7.78. The first kappa shape index (κ1) is 22.3. The minimum Gasteiger partial charge on any atom is -0.427 e. The van der Waals surface area contributed by atoms with Crippen molar-refractivity contribution in [2.45, 2.75) is 25.6 Å². The van der Waals surface area contributed by atoms with Gasteiger partial charge in [-0.1, -0.05) is 30.3 Å². The first-order valence-electron chi connectivity index (χ1n) is 7.78. The van der Waals surface area contributed by atoms with Crippen molar-refractivity contribution in [1.29, 1.82) is 0 Å². The molecular weight excluding hydrogens is 420 g/mol. The number of esters is 2. The van der Waals surface area contributed by atoms with Crippen LogP contribution in [0.3, 0.4) is 0 Å². The third-order valence-electron chi connectivity index (χ3n) is 3.45. The molecule has 2 N–H and O–H groups in total. The summed E-state index contributed by atoms with van der Waals surface area (Å²) in [5.74, 6) is -0.945. The van der Waals surface area contributed by atoms with Gasteiger partial charge in [-0.15, -0.1) is 17.0 Å². The van der Waals surface area contributed by atoms with Crippen LogP contribution in [0.5, 0.6) is 5.75 Å². The Bertz CT molecular complexity index is 782. The van der Waals surface area contributed by atoms with Gasteiger partial charge in [0.25, 0.3) is 0 Å². The summed E-state index contributed by atoms with van der Waals surface area (Å²) in [6, 6.07) is 13.3. The summed E-state index contributed by atoms with van der Waals surface area (Å²) >= 11 is 0. The standard InChI is InChI=1S/C18H18N2O6.BrH/c1-12(21)25-15-9-7-13(8-10-15)11-16(19)18(22)26-17(20(23)24)14-5-3-2-4-6-14;/h2-10,16-17H,11,19H2,1H3;1H/t16-,17?;/m0./s1. The van der Waals surface area contributed by atoms with Gasteiger partial charge in [0.2, 0.25) is 0 Å².